The van der Waals surface area contributed by atoms with E-state index in [4.69, 9.17) is 0 Å². The summed E-state index contributed by atoms with van der Waals surface area (Å²) in [6, 6.07) is 24.4. The van der Waals surface area contributed by atoms with E-state index in [1.165, 1.54) is 42.5 Å². The monoisotopic (exact) mass is 600 g/mol. The van der Waals surface area contributed by atoms with E-state index in [0.717, 1.165) is 30.9 Å². The van der Waals surface area contributed by atoms with E-state index in [-0.39, 0.29) is 21.1 Å². The van der Waals surface area contributed by atoms with Gasteiger partial charge in [0.25, 0.3) is 0 Å². The molecule has 0 bridgehead atoms. The molecule has 1 aliphatic carbocycles. The van der Waals surface area contributed by atoms with Crippen molar-refractivity contribution in [2.75, 3.05) is 18.0 Å². The van der Waals surface area contributed by atoms with E-state index in [1.54, 1.807) is 36.4 Å². The van der Waals surface area contributed by atoms with Crippen molar-refractivity contribution in [1.29, 1.82) is 0 Å². The van der Waals surface area contributed by atoms with E-state index in [0.29, 0.717) is 5.69 Å². The lowest BCUT2D eigenvalue weighted by atomic mass is 9.93. The van der Waals surface area contributed by atoms with Gasteiger partial charge in [-0.15, -0.1) is 0 Å². The number of rotatable bonds is 8. The summed E-state index contributed by atoms with van der Waals surface area (Å²) in [6.45, 7) is 5.68. The Morgan fingerprint density at radius 3 is 1.79 bits per heavy atom. The van der Waals surface area contributed by atoms with Crippen LogP contribution < -0.4 is 4.90 Å². The van der Waals surface area contributed by atoms with Crippen molar-refractivity contribution in [3.63, 3.8) is 0 Å². The first-order valence-electron chi connectivity index (χ1n) is 13.3. The number of sulfone groups is 2. The summed E-state index contributed by atoms with van der Waals surface area (Å²) in [5.74, 6) is -1.45. The van der Waals surface area contributed by atoms with Crippen LogP contribution in [0.25, 0.3) is 0 Å². The minimum Gasteiger partial charge on any atom is -0.507 e. The van der Waals surface area contributed by atoms with Gasteiger partial charge in [-0.1, -0.05) is 36.4 Å². The zero-order valence-electron chi connectivity index (χ0n) is 22.9. The number of aliphatic imine (C=N–C) groups is 1. The van der Waals surface area contributed by atoms with Gasteiger partial charge in [-0.25, -0.2) is 21.8 Å². The Morgan fingerprint density at radius 1 is 0.690 bits per heavy atom. The van der Waals surface area contributed by atoms with Crippen molar-refractivity contribution in [2.45, 2.75) is 28.5 Å². The second kappa shape index (κ2) is 11.4. The molecule has 1 aliphatic rings. The molecule has 10 heteroatoms. The molecule has 0 fully saturated rings. The van der Waals surface area contributed by atoms with Crippen LogP contribution in [0.15, 0.2) is 128 Å². The van der Waals surface area contributed by atoms with E-state index in [2.05, 4.69) is 9.89 Å². The first-order valence-corrected chi connectivity index (χ1v) is 16.2. The van der Waals surface area contributed by atoms with Crippen LogP contribution >= 0.6 is 0 Å². The highest BCUT2D eigenvalue weighted by atomic mass is 32.2. The molecule has 0 radical (unpaired) electrons. The normalized spacial score (nSPS) is 14.4. The molecular weight excluding hydrogens is 572 g/mol. The highest BCUT2D eigenvalue weighted by molar-refractivity contribution is 7.96. The molecule has 0 amide bonds. The Bertz CT molecular complexity index is 1930. The molecule has 214 valence electrons. The zero-order valence-corrected chi connectivity index (χ0v) is 24.6. The van der Waals surface area contributed by atoms with Crippen LogP contribution in [0.2, 0.25) is 0 Å². The third-order valence-electron chi connectivity index (χ3n) is 7.03. The van der Waals surface area contributed by atoms with Crippen LogP contribution in [0.4, 0.5) is 11.4 Å². The fourth-order valence-corrected chi connectivity index (χ4v) is 7.74. The number of carbonyl (C=O) groups excluding carboxylic acids is 1. The number of hydrogen-bond acceptors (Lipinski definition) is 8. The quantitative estimate of drug-likeness (QED) is 0.274. The van der Waals surface area contributed by atoms with E-state index in [1.807, 2.05) is 26.0 Å². The number of aromatic hydroxyl groups is 1. The molecule has 1 N–H and O–H groups in total. The highest BCUT2D eigenvalue weighted by Gasteiger charge is 2.39. The van der Waals surface area contributed by atoms with Gasteiger partial charge in [0, 0.05) is 18.8 Å². The Morgan fingerprint density at radius 2 is 1.24 bits per heavy atom. The molecule has 0 atom stereocenters. The fraction of sp³-hybridized carbons (Fsp3) is 0.125. The zero-order chi connectivity index (χ0) is 30.1. The molecule has 0 saturated carbocycles. The van der Waals surface area contributed by atoms with Crippen molar-refractivity contribution < 1.29 is 26.7 Å². The molecule has 4 aromatic rings. The first-order chi connectivity index (χ1) is 20.1. The Hall–Kier alpha value is -4.54. The smallest absolute Gasteiger partial charge is 0.210 e. The fourth-order valence-electron chi connectivity index (χ4n) is 4.87. The van der Waals surface area contributed by atoms with Crippen molar-refractivity contribution in [1.82, 2.24) is 0 Å². The standard InChI is InChI=1S/C32H28N2O6S2/c1-3-34(4-2)23-17-15-22(16-18-23)33-26-21-29(42(39,40)25-13-9-6-10-14-25)32(36)31-28(20-19-27(35)30(26)31)41(37,38)24-11-7-5-8-12-24/h5-21,35H,3-4H2,1-2H3. The van der Waals surface area contributed by atoms with Crippen LogP contribution in [-0.4, -0.2) is 46.5 Å². The summed E-state index contributed by atoms with van der Waals surface area (Å²) >= 11 is 0. The van der Waals surface area contributed by atoms with Crippen LogP contribution in [-0.2, 0) is 19.7 Å². The molecule has 8 nitrogen and oxygen atoms in total. The molecular formula is C32H28N2O6S2. The number of allylic oxidation sites excluding steroid dienone is 2. The van der Waals surface area contributed by atoms with Crippen LogP contribution in [0, 0.1) is 0 Å². The van der Waals surface area contributed by atoms with Gasteiger partial charge < -0.3 is 10.0 Å². The van der Waals surface area contributed by atoms with Gasteiger partial charge in [0.2, 0.25) is 25.5 Å². The Kier molecular flexibility index (Phi) is 7.85. The highest BCUT2D eigenvalue weighted by Crippen LogP contribution is 2.39. The average molecular weight is 601 g/mol. The Labute approximate surface area is 245 Å². The summed E-state index contributed by atoms with van der Waals surface area (Å²) in [6.07, 6.45) is 1.10. The molecule has 42 heavy (non-hydrogen) atoms. The molecule has 5 rings (SSSR count). The number of fused-ring (bicyclic) bond motifs is 1. The molecule has 0 unspecified atom stereocenters. The van der Waals surface area contributed by atoms with Crippen LogP contribution in [0.3, 0.4) is 0 Å². The van der Waals surface area contributed by atoms with Crippen molar-refractivity contribution >= 4 is 42.5 Å². The largest absolute Gasteiger partial charge is 0.507 e. The van der Waals surface area contributed by atoms with Crippen LogP contribution in [0.1, 0.15) is 29.8 Å². The van der Waals surface area contributed by atoms with E-state index in [9.17, 15) is 26.7 Å². The summed E-state index contributed by atoms with van der Waals surface area (Å²) < 4.78 is 55.0. The molecule has 0 spiro atoms. The molecule has 0 heterocycles. The number of phenols is 1. The van der Waals surface area contributed by atoms with Gasteiger partial charge in [-0.3, -0.25) is 4.79 Å². The number of benzene rings is 4. The lowest BCUT2D eigenvalue weighted by Gasteiger charge is -2.22. The van der Waals surface area contributed by atoms with Crippen LogP contribution in [0.5, 0.6) is 5.75 Å². The van der Waals surface area contributed by atoms with Gasteiger partial charge >= 0.3 is 0 Å². The summed E-state index contributed by atoms with van der Waals surface area (Å²) in [7, 11) is -8.69. The number of hydrogen-bond donors (Lipinski definition) is 1. The number of ketones is 1. The second-order valence-corrected chi connectivity index (χ2v) is 13.3. The lowest BCUT2D eigenvalue weighted by molar-refractivity contribution is 0.103. The number of anilines is 1. The predicted molar refractivity (Wildman–Crippen MR) is 162 cm³/mol. The second-order valence-electron chi connectivity index (χ2n) is 9.49. The van der Waals surface area contributed by atoms with E-state index >= 15 is 0 Å². The predicted octanol–water partition coefficient (Wildman–Crippen LogP) is 5.75. The maximum absolute atomic E-state index is 14.0. The minimum atomic E-state index is -4.40. The average Bonchev–Trinajstić information content (AvgIpc) is 3.00. The minimum absolute atomic E-state index is 0.0580. The third-order valence-corrected chi connectivity index (χ3v) is 10.6. The van der Waals surface area contributed by atoms with Crippen molar-refractivity contribution in [2.24, 2.45) is 4.99 Å². The molecule has 0 aromatic heterocycles. The maximum Gasteiger partial charge on any atom is 0.210 e. The number of carbonyl (C=O) groups is 1. The summed E-state index contributed by atoms with van der Waals surface area (Å²) in [5.41, 5.74) is 0.721. The number of phenolic OH excluding ortho intramolecular Hbond substituents is 1. The van der Waals surface area contributed by atoms with Gasteiger partial charge in [-0.05, 0) is 80.6 Å². The topological polar surface area (TPSA) is 121 Å². The molecule has 0 saturated heterocycles. The van der Waals surface area contributed by atoms with Gasteiger partial charge in [0.15, 0.2) is 0 Å². The molecule has 0 aliphatic heterocycles. The lowest BCUT2D eigenvalue weighted by Crippen LogP contribution is -2.25. The SMILES string of the molecule is CCN(CC)c1ccc(N=C2C=C(S(=O)(=O)c3ccccc3)C(=O)c3c(S(=O)(=O)c4ccccc4)ccc(O)c32)cc1. The third kappa shape index (κ3) is 5.15. The van der Waals surface area contributed by atoms with Gasteiger partial charge in [0.1, 0.15) is 10.7 Å². The number of nitrogens with zero attached hydrogens (tertiary/aromatic N) is 2. The maximum atomic E-state index is 14.0. The van der Waals surface area contributed by atoms with Gasteiger partial charge in [-0.2, -0.15) is 0 Å². The summed E-state index contributed by atoms with van der Waals surface area (Å²) in [4.78, 5) is 19.4. The van der Waals surface area contributed by atoms with Crippen molar-refractivity contribution in [3.05, 3.63) is 119 Å². The number of Topliss-reactive ketones (excluding diaryl/α,β-unsaturated/α-hetero) is 1. The van der Waals surface area contributed by atoms with E-state index < -0.39 is 46.6 Å². The molecule has 4 aromatic carbocycles. The van der Waals surface area contributed by atoms with Crippen molar-refractivity contribution in [3.8, 4) is 5.75 Å². The summed E-state index contributed by atoms with van der Waals surface area (Å²) in [5, 5.41) is 11.0. The Balaban J connectivity index is 1.77. The first kappa shape index (κ1) is 29.0. The van der Waals surface area contributed by atoms with Gasteiger partial charge in [0.05, 0.1) is 37.2 Å².